The maximum Gasteiger partial charge on any atom is 0.406 e. The van der Waals surface area contributed by atoms with Crippen molar-refractivity contribution in [3.05, 3.63) is 63.3 Å². The average Bonchev–Trinajstić information content (AvgIpc) is 3.91. The number of nitrogens with one attached hydrogen (secondary N) is 2. The molecule has 2 N–H and O–H groups in total. The number of likely N-dealkylation sites (N-methyl/N-ethyl adjacent to an activating group) is 2. The molecule has 4 atom stereocenters. The van der Waals surface area contributed by atoms with Gasteiger partial charge < -0.3 is 39.0 Å². The zero-order valence-corrected chi connectivity index (χ0v) is 46.0. The number of anilines is 1. The predicted molar refractivity (Wildman–Crippen MR) is 280 cm³/mol. The van der Waals surface area contributed by atoms with Gasteiger partial charge in [0.1, 0.15) is 30.5 Å². The van der Waals surface area contributed by atoms with E-state index in [2.05, 4.69) is 20.5 Å². The first-order chi connectivity index (χ1) is 35.7. The molecule has 0 spiro atoms. The number of pyridine rings is 1. The minimum absolute atomic E-state index is 0.0143. The van der Waals surface area contributed by atoms with Gasteiger partial charge in [-0.3, -0.25) is 24.4 Å². The number of nitrogens with zero attached hydrogens (tertiary/aromatic N) is 8. The minimum atomic E-state index is -4.76. The second-order valence-electron chi connectivity index (χ2n) is 21.7. The Labute approximate surface area is 444 Å². The number of methoxy groups -OCH3 is 1. The number of hydrazine groups is 1. The number of esters is 1. The van der Waals surface area contributed by atoms with Crippen molar-refractivity contribution < 1.29 is 54.6 Å². The molecule has 4 aliphatic rings. The van der Waals surface area contributed by atoms with Gasteiger partial charge in [-0.05, 0) is 62.9 Å². The molecule has 4 aromatic rings. The van der Waals surface area contributed by atoms with E-state index in [1.807, 2.05) is 27.0 Å². The molecular weight excluding hydrogens is 1030 g/mol. The number of piperazine rings is 1. The molecule has 4 amide bonds. The van der Waals surface area contributed by atoms with Crippen molar-refractivity contribution in [3.63, 3.8) is 0 Å². The van der Waals surface area contributed by atoms with Gasteiger partial charge in [0.05, 0.1) is 52.2 Å². The molecule has 1 aromatic carbocycles. The van der Waals surface area contributed by atoms with Gasteiger partial charge in [0.15, 0.2) is 9.84 Å². The Morgan fingerprint density at radius 2 is 1.79 bits per heavy atom. The van der Waals surface area contributed by atoms with E-state index in [9.17, 15) is 27.6 Å². The van der Waals surface area contributed by atoms with Crippen LogP contribution in [0.25, 0.3) is 33.4 Å². The number of sulfone groups is 1. The third kappa shape index (κ3) is 12.7. The first kappa shape index (κ1) is 56.5. The molecule has 6 bridgehead atoms. The molecule has 0 aliphatic carbocycles. The topological polar surface area (TPSA) is 192 Å². The van der Waals surface area contributed by atoms with E-state index in [-0.39, 0.29) is 67.5 Å². The van der Waals surface area contributed by atoms with Crippen LogP contribution >= 0.6 is 11.3 Å². The van der Waals surface area contributed by atoms with Crippen LogP contribution in [-0.4, -0.2) is 171 Å². The van der Waals surface area contributed by atoms with Crippen molar-refractivity contribution in [2.75, 3.05) is 84.8 Å². The van der Waals surface area contributed by atoms with Gasteiger partial charge in [-0.2, -0.15) is 13.2 Å². The number of carbonyl (C=O) groups is 4. The molecule has 4 aliphatic heterocycles. The van der Waals surface area contributed by atoms with Crippen LogP contribution < -0.4 is 15.6 Å². The number of cyclic esters (lactones) is 1. The molecule has 18 nitrogen and oxygen atoms in total. The molecule has 24 heteroatoms. The minimum Gasteiger partial charge on any atom is -0.464 e. The monoisotopic (exact) mass is 1100 g/mol. The quantitative estimate of drug-likeness (QED) is 0.128. The number of halogens is 4. The van der Waals surface area contributed by atoms with Crippen LogP contribution in [0.15, 0.2) is 41.3 Å². The van der Waals surface area contributed by atoms with Crippen LogP contribution in [0.3, 0.4) is 0 Å². The van der Waals surface area contributed by atoms with Crippen molar-refractivity contribution >= 4 is 61.6 Å². The highest BCUT2D eigenvalue weighted by atomic mass is 32.2. The van der Waals surface area contributed by atoms with Crippen LogP contribution in [0, 0.1) is 23.1 Å². The number of rotatable bonds is 11. The summed E-state index contributed by atoms with van der Waals surface area (Å²) >= 11 is 1.10. The third-order valence-corrected chi connectivity index (χ3v) is 16.1. The number of alkyl halides is 3. The number of aromatic nitrogens is 3. The van der Waals surface area contributed by atoms with Gasteiger partial charge in [-0.1, -0.05) is 33.8 Å². The second kappa shape index (κ2) is 22.3. The summed E-state index contributed by atoms with van der Waals surface area (Å²) in [7, 11) is 1.63. The Morgan fingerprint density at radius 3 is 2.45 bits per heavy atom. The van der Waals surface area contributed by atoms with Gasteiger partial charge in [0.2, 0.25) is 5.91 Å². The summed E-state index contributed by atoms with van der Waals surface area (Å²) in [6.07, 6.45) is -0.559. The normalized spacial score (nSPS) is 21.2. The molecule has 414 valence electrons. The number of ether oxygens (including phenoxy) is 2. The maximum absolute atomic E-state index is 17.0. The van der Waals surface area contributed by atoms with Crippen LogP contribution in [0.1, 0.15) is 69.8 Å². The molecule has 3 aromatic heterocycles. The lowest BCUT2D eigenvalue weighted by Crippen LogP contribution is -2.63. The van der Waals surface area contributed by atoms with Crippen molar-refractivity contribution in [3.8, 4) is 22.5 Å². The number of thiazole rings is 1. The Morgan fingerprint density at radius 1 is 1.08 bits per heavy atom. The predicted octanol–water partition coefficient (Wildman–Crippen LogP) is 6.20. The van der Waals surface area contributed by atoms with Crippen LogP contribution in [0.5, 0.6) is 0 Å². The van der Waals surface area contributed by atoms with Crippen molar-refractivity contribution in [2.45, 2.75) is 97.3 Å². The number of hydrogen-bond acceptors (Lipinski definition) is 14. The van der Waals surface area contributed by atoms with E-state index >= 15 is 17.6 Å². The van der Waals surface area contributed by atoms with E-state index in [1.165, 1.54) is 41.1 Å². The van der Waals surface area contributed by atoms with Crippen molar-refractivity contribution in [2.24, 2.45) is 17.3 Å². The van der Waals surface area contributed by atoms with Crippen molar-refractivity contribution in [1.29, 1.82) is 0 Å². The summed E-state index contributed by atoms with van der Waals surface area (Å²) in [6, 6.07) is 0.594. The highest BCUT2D eigenvalue weighted by molar-refractivity contribution is 7.93. The fourth-order valence-electron chi connectivity index (χ4n) is 10.5. The number of fused-ring (bicyclic) bond motifs is 6. The van der Waals surface area contributed by atoms with Crippen LogP contribution in [0.4, 0.5) is 28.0 Å². The molecular formula is C52H68F4N10O8S2. The van der Waals surface area contributed by atoms with E-state index in [0.717, 1.165) is 46.7 Å². The van der Waals surface area contributed by atoms with E-state index < -0.39 is 87.8 Å². The summed E-state index contributed by atoms with van der Waals surface area (Å²) < 4.78 is 98.3. The van der Waals surface area contributed by atoms with E-state index in [1.54, 1.807) is 32.3 Å². The van der Waals surface area contributed by atoms with Gasteiger partial charge in [0.25, 0.3) is 5.91 Å². The number of urea groups is 1. The second-order valence-corrected chi connectivity index (χ2v) is 24.6. The van der Waals surface area contributed by atoms with Gasteiger partial charge in [-0.25, -0.2) is 28.0 Å². The lowest BCUT2D eigenvalue weighted by Gasteiger charge is -2.42. The molecule has 8 rings (SSSR count). The number of amides is 4. The van der Waals surface area contributed by atoms with Crippen LogP contribution in [-0.2, 0) is 53.1 Å². The maximum atomic E-state index is 17.0. The molecule has 3 saturated heterocycles. The summed E-state index contributed by atoms with van der Waals surface area (Å²) in [5, 5.41) is 7.45. The summed E-state index contributed by atoms with van der Waals surface area (Å²) in [5.74, 6) is -3.41. The third-order valence-electron chi connectivity index (χ3n) is 14.6. The standard InChI is InChI=1S/C52H68F4N10O8S2/c1-30(2)45(62(7)50(70)64-25-32(26-64)12-18-76(9,71)72)47(67)59-40-22-43-58-41(27-75-43)35-20-34-37(23-51(4,5)29-74-49(69)39-11-10-13-66(60-39)48(40)68)46(65(28-52(54,55)56)42(34)21-38(35)53)36-19-33(24-57-44(36)31(3)73-8)63-16-14-61(6)15-17-63/h12,18-21,24,27,30-32,39-40,45,60H,10-11,13-17,22-23,25-26,28-29H2,1-9H3,(H,59,67)/b18-12+/t31-,39-,40-,45-/m0/s1. The molecule has 3 fully saturated rings. The van der Waals surface area contributed by atoms with Crippen molar-refractivity contribution in [1.82, 2.24) is 45.0 Å². The fourth-order valence-corrected chi connectivity index (χ4v) is 11.8. The highest BCUT2D eigenvalue weighted by Gasteiger charge is 2.41. The fraction of sp³-hybridized carbons (Fsp3) is 0.577. The number of hydrogen-bond donors (Lipinski definition) is 2. The average molecular weight is 1100 g/mol. The SMILES string of the molecule is CO[C@@H](C)c1ncc(N2CCN(C)CC2)cc1-c1c2c3cc(c(F)cc3n1CC(F)(F)F)-c1csc(n1)C[C@H](NC(=O)[C@H](C(C)C)N(C)C(=O)N1CC(/C=C/S(C)(=O)=O)C1)C(=O)N1CCC[C@H](N1)C(=O)OCC(C)(C)C2. The zero-order valence-electron chi connectivity index (χ0n) is 44.4. The van der Waals surface area contributed by atoms with Gasteiger partial charge in [-0.15, -0.1) is 11.3 Å². The molecule has 76 heavy (non-hydrogen) atoms. The molecule has 0 radical (unpaired) electrons. The molecule has 0 saturated carbocycles. The highest BCUT2D eigenvalue weighted by Crippen LogP contribution is 2.45. The molecule has 0 unspecified atom stereocenters. The summed E-state index contributed by atoms with van der Waals surface area (Å²) in [5.41, 5.74) is 4.25. The first-order valence-electron chi connectivity index (χ1n) is 25.5. The number of carbonyl (C=O) groups excluding carboxylic acids is 4. The van der Waals surface area contributed by atoms with Gasteiger partial charge >= 0.3 is 18.2 Å². The lowest BCUT2D eigenvalue weighted by atomic mass is 9.84. The Bertz CT molecular complexity index is 2990. The summed E-state index contributed by atoms with van der Waals surface area (Å²) in [6.45, 7) is 10.7. The Hall–Kier alpha value is -5.69. The first-order valence-corrected chi connectivity index (χ1v) is 28.3. The molecule has 7 heterocycles. The summed E-state index contributed by atoms with van der Waals surface area (Å²) in [4.78, 5) is 73.7. The number of benzene rings is 1. The largest absolute Gasteiger partial charge is 0.464 e. The van der Waals surface area contributed by atoms with E-state index in [4.69, 9.17) is 19.4 Å². The van der Waals surface area contributed by atoms with Crippen LogP contribution in [0.2, 0.25) is 0 Å². The van der Waals surface area contributed by atoms with E-state index in [0.29, 0.717) is 58.8 Å². The Kier molecular flexibility index (Phi) is 16.6. The smallest absolute Gasteiger partial charge is 0.406 e. The zero-order chi connectivity index (χ0) is 55.2. The number of likely N-dealkylation sites (tertiary alicyclic amines) is 1. The lowest BCUT2D eigenvalue weighted by molar-refractivity contribution is -0.155. The van der Waals surface area contributed by atoms with Gasteiger partial charge in [0, 0.05) is 111 Å². The Balaban J connectivity index is 1.22.